The van der Waals surface area contributed by atoms with Gasteiger partial charge in [-0.2, -0.15) is 0 Å². The van der Waals surface area contributed by atoms with Gasteiger partial charge >= 0.3 is 51.4 Å². The van der Waals surface area contributed by atoms with E-state index in [0.29, 0.717) is 0 Å². The summed E-state index contributed by atoms with van der Waals surface area (Å²) in [4.78, 5) is 13.9. The number of carbonyl (C=O) groups excluding carboxylic acids is 1. The van der Waals surface area contributed by atoms with E-state index >= 15 is 0 Å². The van der Waals surface area contributed by atoms with E-state index in [-0.39, 0.29) is 51.4 Å². The number of hydrogen-bond acceptors (Lipinski definition) is 3. The largest absolute Gasteiger partial charge is 1.00 e. The van der Waals surface area contributed by atoms with Crippen LogP contribution in [-0.2, 0) is 4.79 Å². The summed E-state index contributed by atoms with van der Waals surface area (Å²) in [7, 11) is 0. The van der Waals surface area contributed by atoms with Crippen LogP contribution in [0.3, 0.4) is 0 Å². The Bertz CT molecular complexity index is 528. The first-order valence-corrected chi connectivity index (χ1v) is 6.21. The van der Waals surface area contributed by atoms with Crippen molar-refractivity contribution in [2.75, 3.05) is 0 Å². The van der Waals surface area contributed by atoms with E-state index < -0.39 is 5.97 Å². The van der Waals surface area contributed by atoms with Crippen LogP contribution in [0, 0.1) is 0 Å². The first-order chi connectivity index (χ1) is 9.74. The maximum Gasteiger partial charge on any atom is 1.00 e. The van der Waals surface area contributed by atoms with Crippen molar-refractivity contribution in [2.24, 2.45) is 0 Å². The van der Waals surface area contributed by atoms with Crippen molar-refractivity contribution in [3.05, 3.63) is 79.0 Å². The van der Waals surface area contributed by atoms with Crippen LogP contribution in [0.2, 0.25) is 0 Å². The minimum atomic E-state index is -1.16. The van der Waals surface area contributed by atoms with Crippen molar-refractivity contribution in [1.29, 1.82) is 0 Å². The van der Waals surface area contributed by atoms with E-state index in [1.807, 2.05) is 42.6 Å². The van der Waals surface area contributed by atoms with Crippen LogP contribution in [0.25, 0.3) is 11.3 Å². The number of carboxylic acids is 1. The first-order valence-electron chi connectivity index (χ1n) is 6.21. The molecule has 0 radical (unpaired) electrons. The van der Waals surface area contributed by atoms with Crippen molar-refractivity contribution in [2.45, 2.75) is 6.92 Å². The third kappa shape index (κ3) is 9.50. The molecule has 4 heteroatoms. The van der Waals surface area contributed by atoms with Crippen LogP contribution >= 0.6 is 0 Å². The summed E-state index contributed by atoms with van der Waals surface area (Å²) in [6.07, 6.45) is 7.55. The molecule has 0 aliphatic heterocycles. The molecule has 0 aliphatic carbocycles. The van der Waals surface area contributed by atoms with E-state index in [9.17, 15) is 9.90 Å². The molecule has 0 bridgehead atoms. The van der Waals surface area contributed by atoms with Crippen LogP contribution < -0.4 is 56.5 Å². The Morgan fingerprint density at radius 2 is 1.71 bits per heavy atom. The molecule has 0 amide bonds. The SMILES string of the molecule is C/C=C/C=C/C(=O)[O-].[K+].c1ccc(-c2ccccn2)cc1. The first kappa shape index (κ1) is 20.0. The molecule has 0 N–H and O–H groups in total. The number of carbonyl (C=O) groups is 1. The molecule has 0 unspecified atom stereocenters. The summed E-state index contributed by atoms with van der Waals surface area (Å²) in [5.41, 5.74) is 2.19. The molecular formula is C17H16KNO2. The Kier molecular flexibility index (Phi) is 12.0. The van der Waals surface area contributed by atoms with Crippen LogP contribution in [0.15, 0.2) is 79.0 Å². The molecule has 3 nitrogen and oxygen atoms in total. The summed E-state index contributed by atoms with van der Waals surface area (Å²) in [5, 5.41) is 9.64. The second kappa shape index (κ2) is 12.7. The van der Waals surface area contributed by atoms with Crippen LogP contribution in [-0.4, -0.2) is 11.0 Å². The van der Waals surface area contributed by atoms with Gasteiger partial charge in [-0.15, -0.1) is 0 Å². The van der Waals surface area contributed by atoms with Crippen molar-refractivity contribution < 1.29 is 61.3 Å². The van der Waals surface area contributed by atoms with Crippen molar-refractivity contribution in [3.63, 3.8) is 0 Å². The molecule has 0 saturated carbocycles. The smallest absolute Gasteiger partial charge is 0.545 e. The van der Waals surface area contributed by atoms with Gasteiger partial charge in [-0.3, -0.25) is 4.98 Å². The summed E-state index contributed by atoms with van der Waals surface area (Å²) >= 11 is 0. The van der Waals surface area contributed by atoms with Gasteiger partial charge in [0.2, 0.25) is 0 Å². The zero-order valence-corrected chi connectivity index (χ0v) is 15.4. The Morgan fingerprint density at radius 1 is 1.05 bits per heavy atom. The van der Waals surface area contributed by atoms with Gasteiger partial charge in [0.05, 0.1) is 11.7 Å². The predicted octanol–water partition coefficient (Wildman–Crippen LogP) is -0.379. The van der Waals surface area contributed by atoms with Gasteiger partial charge in [-0.1, -0.05) is 54.6 Å². The maximum absolute atomic E-state index is 9.64. The molecule has 0 spiro atoms. The molecule has 2 aromatic rings. The topological polar surface area (TPSA) is 53.0 Å². The number of pyridine rings is 1. The van der Waals surface area contributed by atoms with Gasteiger partial charge in [0.25, 0.3) is 0 Å². The number of rotatable bonds is 3. The Hall–Kier alpha value is -1.04. The molecule has 1 aromatic heterocycles. The number of benzene rings is 1. The van der Waals surface area contributed by atoms with Crippen molar-refractivity contribution in [1.82, 2.24) is 4.98 Å². The number of aliphatic carboxylic acids is 1. The normalized spacial score (nSPS) is 9.76. The molecule has 0 fully saturated rings. The number of allylic oxidation sites excluding steroid dienone is 3. The molecule has 0 saturated heterocycles. The monoisotopic (exact) mass is 305 g/mol. The van der Waals surface area contributed by atoms with E-state index in [0.717, 1.165) is 17.3 Å². The second-order valence-corrected chi connectivity index (χ2v) is 3.78. The Labute approximate surface area is 167 Å². The fraction of sp³-hybridized carbons (Fsp3) is 0.0588. The minimum absolute atomic E-state index is 0. The molecular weight excluding hydrogens is 289 g/mol. The summed E-state index contributed by atoms with van der Waals surface area (Å²) in [6, 6.07) is 16.1. The third-order valence-corrected chi connectivity index (χ3v) is 2.27. The fourth-order valence-electron chi connectivity index (χ4n) is 1.39. The van der Waals surface area contributed by atoms with Crippen LogP contribution in [0.4, 0.5) is 0 Å². The average molecular weight is 305 g/mol. The van der Waals surface area contributed by atoms with E-state index in [1.54, 1.807) is 19.1 Å². The average Bonchev–Trinajstić information content (AvgIpc) is 2.50. The fourth-order valence-corrected chi connectivity index (χ4v) is 1.39. The Balaban J connectivity index is 0.000000397. The van der Waals surface area contributed by atoms with E-state index in [4.69, 9.17) is 0 Å². The molecule has 1 aromatic carbocycles. The van der Waals surface area contributed by atoms with Gasteiger partial charge in [-0.05, 0) is 25.1 Å². The summed E-state index contributed by atoms with van der Waals surface area (Å²) < 4.78 is 0. The Morgan fingerprint density at radius 3 is 2.24 bits per heavy atom. The third-order valence-electron chi connectivity index (χ3n) is 2.27. The van der Waals surface area contributed by atoms with Gasteiger partial charge in [0, 0.05) is 11.8 Å². The van der Waals surface area contributed by atoms with Crippen molar-refractivity contribution in [3.8, 4) is 11.3 Å². The number of carboxylic acid groups (broad SMARTS) is 1. The zero-order chi connectivity index (χ0) is 14.6. The standard InChI is InChI=1S/C11H9N.C6H8O2.K/c1-2-6-10(7-3-1)11-8-4-5-9-12-11;1-2-3-4-5-6(7)8;/h1-9H;2-5H,1H3,(H,7,8);/q;;+1/p-1/b;3-2+,5-4+;. The molecule has 21 heavy (non-hydrogen) atoms. The van der Waals surface area contributed by atoms with E-state index in [2.05, 4.69) is 17.1 Å². The van der Waals surface area contributed by atoms with Gasteiger partial charge in [0.15, 0.2) is 0 Å². The summed E-state index contributed by atoms with van der Waals surface area (Å²) in [5.74, 6) is -1.16. The van der Waals surface area contributed by atoms with Crippen LogP contribution in [0.1, 0.15) is 6.92 Å². The molecule has 0 aliphatic rings. The van der Waals surface area contributed by atoms with Gasteiger partial charge in [0.1, 0.15) is 0 Å². The zero-order valence-electron chi connectivity index (χ0n) is 12.3. The summed E-state index contributed by atoms with van der Waals surface area (Å²) in [6.45, 7) is 1.81. The maximum atomic E-state index is 9.64. The number of nitrogens with zero attached hydrogens (tertiary/aromatic N) is 1. The molecule has 1 heterocycles. The van der Waals surface area contributed by atoms with E-state index in [1.165, 1.54) is 6.08 Å². The molecule has 102 valence electrons. The molecule has 2 rings (SSSR count). The van der Waals surface area contributed by atoms with Gasteiger partial charge in [-0.25, -0.2) is 0 Å². The van der Waals surface area contributed by atoms with Crippen molar-refractivity contribution >= 4 is 5.97 Å². The van der Waals surface area contributed by atoms with Gasteiger partial charge < -0.3 is 9.90 Å². The quantitative estimate of drug-likeness (QED) is 0.441. The molecule has 0 atom stereocenters. The van der Waals surface area contributed by atoms with Crippen LogP contribution in [0.5, 0.6) is 0 Å². The number of hydrogen-bond donors (Lipinski definition) is 0. The minimum Gasteiger partial charge on any atom is -0.545 e. The number of aromatic nitrogens is 1. The second-order valence-electron chi connectivity index (χ2n) is 3.78. The predicted molar refractivity (Wildman–Crippen MR) is 78.6 cm³/mol.